The smallest absolute Gasteiger partial charge is 0.0277 e. The van der Waals surface area contributed by atoms with Crippen LogP contribution >= 0.6 is 0 Å². The Kier molecular flexibility index (Phi) is 3.91. The van der Waals surface area contributed by atoms with Crippen molar-refractivity contribution in [2.24, 2.45) is 5.92 Å². The maximum atomic E-state index is 3.73. The Bertz CT molecular complexity index is 229. The molecule has 1 aliphatic carbocycles. The molecule has 3 unspecified atom stereocenters. The maximum Gasteiger partial charge on any atom is 0.0277 e. The van der Waals surface area contributed by atoms with Crippen LogP contribution in [0.5, 0.6) is 0 Å². The van der Waals surface area contributed by atoms with Crippen molar-refractivity contribution in [3.8, 4) is 0 Å². The predicted molar refractivity (Wildman–Crippen MR) is 69.7 cm³/mol. The highest BCUT2D eigenvalue weighted by atomic mass is 15.2. The number of nitrogens with zero attached hydrogens (tertiary/aromatic N) is 1. The second-order valence-electron chi connectivity index (χ2n) is 6.24. The van der Waals surface area contributed by atoms with Crippen molar-refractivity contribution in [3.05, 3.63) is 0 Å². The van der Waals surface area contributed by atoms with Gasteiger partial charge < -0.3 is 5.32 Å². The van der Waals surface area contributed by atoms with Gasteiger partial charge in [-0.3, -0.25) is 4.90 Å². The fourth-order valence-electron chi connectivity index (χ4n) is 3.31. The highest BCUT2D eigenvalue weighted by molar-refractivity contribution is 4.92. The lowest BCUT2D eigenvalue weighted by Crippen LogP contribution is -2.50. The summed E-state index contributed by atoms with van der Waals surface area (Å²) in [4.78, 5) is 2.77. The maximum absolute atomic E-state index is 3.73. The van der Waals surface area contributed by atoms with Crippen molar-refractivity contribution in [1.29, 1.82) is 0 Å². The summed E-state index contributed by atoms with van der Waals surface area (Å²) in [7, 11) is 0. The average molecular weight is 224 g/mol. The van der Waals surface area contributed by atoms with E-state index in [1.54, 1.807) is 0 Å². The second-order valence-corrected chi connectivity index (χ2v) is 6.24. The quantitative estimate of drug-likeness (QED) is 0.776. The fraction of sp³-hybridized carbons (Fsp3) is 1.00. The van der Waals surface area contributed by atoms with Gasteiger partial charge in [0.25, 0.3) is 0 Å². The van der Waals surface area contributed by atoms with Crippen LogP contribution < -0.4 is 5.32 Å². The molecule has 3 atom stereocenters. The Morgan fingerprint density at radius 1 is 1.38 bits per heavy atom. The Balaban J connectivity index is 1.97. The first-order valence-corrected chi connectivity index (χ1v) is 7.12. The molecular weight excluding hydrogens is 196 g/mol. The van der Waals surface area contributed by atoms with Gasteiger partial charge in [0.05, 0.1) is 0 Å². The minimum Gasteiger partial charge on any atom is -0.310 e. The van der Waals surface area contributed by atoms with Gasteiger partial charge in [-0.2, -0.15) is 0 Å². The van der Waals surface area contributed by atoms with Crippen LogP contribution in [0.25, 0.3) is 0 Å². The normalized spacial score (nSPS) is 42.2. The molecule has 0 amide bonds. The first kappa shape index (κ1) is 12.4. The average Bonchev–Trinajstić information content (AvgIpc) is 2.59. The Hall–Kier alpha value is -0.0800. The monoisotopic (exact) mass is 224 g/mol. The van der Waals surface area contributed by atoms with Crippen LogP contribution in [-0.4, -0.2) is 36.1 Å². The summed E-state index contributed by atoms with van der Waals surface area (Å²) in [5.74, 6) is 0.953. The molecule has 16 heavy (non-hydrogen) atoms. The number of hydrogen-bond donors (Lipinski definition) is 1. The third kappa shape index (κ3) is 2.78. The van der Waals surface area contributed by atoms with Crippen LogP contribution in [0.15, 0.2) is 0 Å². The number of rotatable bonds is 2. The van der Waals surface area contributed by atoms with E-state index in [9.17, 15) is 0 Å². The number of nitrogens with one attached hydrogen (secondary N) is 1. The predicted octanol–water partition coefficient (Wildman–Crippen LogP) is 2.64. The molecule has 0 aromatic heterocycles. The summed E-state index contributed by atoms with van der Waals surface area (Å²) < 4.78 is 0. The van der Waals surface area contributed by atoms with E-state index in [0.29, 0.717) is 5.54 Å². The van der Waals surface area contributed by atoms with E-state index in [1.807, 2.05) is 0 Å². The van der Waals surface area contributed by atoms with Crippen LogP contribution in [0.1, 0.15) is 52.9 Å². The Morgan fingerprint density at radius 2 is 2.19 bits per heavy atom. The van der Waals surface area contributed by atoms with Crippen molar-refractivity contribution in [2.75, 3.05) is 19.6 Å². The fourth-order valence-corrected chi connectivity index (χ4v) is 3.31. The molecule has 0 bridgehead atoms. The summed E-state index contributed by atoms with van der Waals surface area (Å²) in [5.41, 5.74) is 0.350. The van der Waals surface area contributed by atoms with Gasteiger partial charge in [0, 0.05) is 18.1 Å². The molecule has 2 rings (SSSR count). The first-order valence-electron chi connectivity index (χ1n) is 7.12. The van der Waals surface area contributed by atoms with Crippen molar-refractivity contribution >= 4 is 0 Å². The van der Waals surface area contributed by atoms with Crippen molar-refractivity contribution in [3.63, 3.8) is 0 Å². The van der Waals surface area contributed by atoms with Crippen LogP contribution in [0.2, 0.25) is 0 Å². The van der Waals surface area contributed by atoms with Crippen LogP contribution in [-0.2, 0) is 0 Å². The highest BCUT2D eigenvalue weighted by Gasteiger charge is 2.33. The molecule has 2 heteroatoms. The zero-order valence-corrected chi connectivity index (χ0v) is 11.3. The van der Waals surface area contributed by atoms with E-state index in [2.05, 4.69) is 31.0 Å². The third-order valence-electron chi connectivity index (χ3n) is 4.69. The van der Waals surface area contributed by atoms with Crippen molar-refractivity contribution in [1.82, 2.24) is 10.2 Å². The largest absolute Gasteiger partial charge is 0.310 e. The third-order valence-corrected chi connectivity index (χ3v) is 4.69. The Labute approximate surface area is 101 Å². The highest BCUT2D eigenvalue weighted by Crippen LogP contribution is 2.30. The molecular formula is C14H28N2. The standard InChI is InChI=1S/C14H28N2/c1-4-14(3)11-16(9-5-8-15-14)13-7-6-12(2)10-13/h12-13,15H,4-11H2,1-3H3. The Morgan fingerprint density at radius 3 is 2.81 bits per heavy atom. The van der Waals surface area contributed by atoms with E-state index in [1.165, 1.54) is 51.7 Å². The SMILES string of the molecule is CCC1(C)CN(C2CCC(C)C2)CCCN1. The molecule has 94 valence electrons. The second kappa shape index (κ2) is 5.05. The van der Waals surface area contributed by atoms with Gasteiger partial charge in [0.1, 0.15) is 0 Å². The minimum atomic E-state index is 0.350. The van der Waals surface area contributed by atoms with E-state index in [0.717, 1.165) is 12.0 Å². The molecule has 1 aliphatic heterocycles. The molecule has 2 nitrogen and oxygen atoms in total. The molecule has 1 saturated carbocycles. The van der Waals surface area contributed by atoms with Gasteiger partial charge in [0.2, 0.25) is 0 Å². The lowest BCUT2D eigenvalue weighted by atomic mass is 9.97. The lowest BCUT2D eigenvalue weighted by molar-refractivity contribution is 0.159. The van der Waals surface area contributed by atoms with E-state index >= 15 is 0 Å². The molecule has 2 aliphatic rings. The van der Waals surface area contributed by atoms with E-state index in [-0.39, 0.29) is 0 Å². The zero-order chi connectivity index (χ0) is 11.6. The first-order chi connectivity index (χ1) is 7.63. The molecule has 2 fully saturated rings. The lowest BCUT2D eigenvalue weighted by Gasteiger charge is -2.36. The molecule has 0 aromatic rings. The molecule has 1 saturated heterocycles. The molecule has 0 spiro atoms. The summed E-state index contributed by atoms with van der Waals surface area (Å²) in [5, 5.41) is 3.73. The zero-order valence-electron chi connectivity index (χ0n) is 11.3. The number of hydrogen-bond acceptors (Lipinski definition) is 2. The van der Waals surface area contributed by atoms with Gasteiger partial charge in [-0.25, -0.2) is 0 Å². The summed E-state index contributed by atoms with van der Waals surface area (Å²) in [6.45, 7) is 10.9. The van der Waals surface area contributed by atoms with E-state index in [4.69, 9.17) is 0 Å². The van der Waals surface area contributed by atoms with Gasteiger partial charge in [-0.05, 0) is 58.0 Å². The summed E-state index contributed by atoms with van der Waals surface area (Å²) in [6, 6.07) is 0.876. The molecule has 0 aromatic carbocycles. The summed E-state index contributed by atoms with van der Waals surface area (Å²) >= 11 is 0. The van der Waals surface area contributed by atoms with Gasteiger partial charge >= 0.3 is 0 Å². The van der Waals surface area contributed by atoms with Crippen molar-refractivity contribution in [2.45, 2.75) is 64.5 Å². The summed E-state index contributed by atoms with van der Waals surface area (Å²) in [6.07, 6.45) is 6.87. The van der Waals surface area contributed by atoms with Crippen LogP contribution in [0.4, 0.5) is 0 Å². The van der Waals surface area contributed by atoms with Gasteiger partial charge in [-0.15, -0.1) is 0 Å². The molecule has 0 radical (unpaired) electrons. The van der Waals surface area contributed by atoms with Crippen LogP contribution in [0, 0.1) is 5.92 Å². The topological polar surface area (TPSA) is 15.3 Å². The van der Waals surface area contributed by atoms with E-state index < -0.39 is 0 Å². The molecule has 1 N–H and O–H groups in total. The van der Waals surface area contributed by atoms with Gasteiger partial charge in [-0.1, -0.05) is 13.8 Å². The van der Waals surface area contributed by atoms with Crippen LogP contribution in [0.3, 0.4) is 0 Å². The van der Waals surface area contributed by atoms with Crippen molar-refractivity contribution < 1.29 is 0 Å². The molecule has 1 heterocycles. The minimum absolute atomic E-state index is 0.350. The van der Waals surface area contributed by atoms with Gasteiger partial charge in [0.15, 0.2) is 0 Å².